The van der Waals surface area contributed by atoms with Crippen LogP contribution in [0.25, 0.3) is 22.0 Å². The summed E-state index contributed by atoms with van der Waals surface area (Å²) in [6.45, 7) is 0.406. The molecule has 2 N–H and O–H groups in total. The molecule has 3 aromatic carbocycles. The van der Waals surface area contributed by atoms with Crippen molar-refractivity contribution < 1.29 is 9.57 Å². The number of ether oxygens (including phenoxy) is 1. The molecule has 1 aromatic heterocycles. The summed E-state index contributed by atoms with van der Waals surface area (Å²) in [4.78, 5) is 10.3. The fourth-order valence-corrected chi connectivity index (χ4v) is 4.93. The molecule has 0 bridgehead atoms. The Hall–Kier alpha value is -3.21. The van der Waals surface area contributed by atoms with E-state index < -0.39 is 0 Å². The van der Waals surface area contributed by atoms with Gasteiger partial charge in [0, 0.05) is 10.9 Å². The number of hydrogen-bond donors (Lipinski definition) is 1. The predicted molar refractivity (Wildman–Crippen MR) is 133 cm³/mol. The largest absolute Gasteiger partial charge is 0.487 e. The fourth-order valence-electron chi connectivity index (χ4n) is 4.93. The quantitative estimate of drug-likeness (QED) is 0.316. The number of para-hydroxylation sites is 1. The molecule has 1 aliphatic rings. The first kappa shape index (κ1) is 21.6. The fraction of sp³-hybridized carbons (Fsp3) is 0.276. The van der Waals surface area contributed by atoms with E-state index in [9.17, 15) is 0 Å². The van der Waals surface area contributed by atoms with Gasteiger partial charge in [0.1, 0.15) is 18.5 Å². The van der Waals surface area contributed by atoms with Crippen LogP contribution >= 0.6 is 0 Å². The smallest absolute Gasteiger partial charge is 0.130 e. The van der Waals surface area contributed by atoms with Gasteiger partial charge in [-0.25, -0.2) is 10.9 Å². The summed E-state index contributed by atoms with van der Waals surface area (Å²) in [5.74, 6) is 7.09. The Morgan fingerprint density at radius 2 is 1.64 bits per heavy atom. The van der Waals surface area contributed by atoms with Gasteiger partial charge in [0.2, 0.25) is 0 Å². The third-order valence-corrected chi connectivity index (χ3v) is 6.67. The van der Waals surface area contributed by atoms with Crippen LogP contribution in [0.5, 0.6) is 5.75 Å². The van der Waals surface area contributed by atoms with E-state index >= 15 is 0 Å². The second-order valence-corrected chi connectivity index (χ2v) is 8.86. The lowest BCUT2D eigenvalue weighted by Crippen LogP contribution is -2.21. The van der Waals surface area contributed by atoms with Crippen LogP contribution in [-0.2, 0) is 11.4 Å². The number of pyridine rings is 1. The van der Waals surface area contributed by atoms with E-state index in [2.05, 4.69) is 48.5 Å². The highest BCUT2D eigenvalue weighted by Gasteiger charge is 2.26. The van der Waals surface area contributed by atoms with E-state index in [0.29, 0.717) is 12.5 Å². The van der Waals surface area contributed by atoms with Gasteiger partial charge in [0.25, 0.3) is 0 Å². The minimum absolute atomic E-state index is 0.0935. The standard InChI is InChI=1S/C29H30N2O2/c30-33-29(23-12-5-2-6-13-23)24-16-18-28(26(19-24)21-9-3-1-4-10-21)32-20-25-17-15-22-11-7-8-14-27(22)31-25/h1,3-4,7-11,14-19,23,29H,2,5-6,12-13,20,30H2. The van der Waals surface area contributed by atoms with Gasteiger partial charge in [-0.15, -0.1) is 0 Å². The summed E-state index contributed by atoms with van der Waals surface area (Å²) in [6, 6.07) is 28.9. The van der Waals surface area contributed by atoms with Crippen molar-refractivity contribution in [1.82, 2.24) is 4.98 Å². The molecule has 0 amide bonds. The normalized spacial score (nSPS) is 15.4. The number of nitrogens with two attached hydrogens (primary N) is 1. The van der Waals surface area contributed by atoms with Crippen molar-refractivity contribution in [3.8, 4) is 16.9 Å². The molecule has 1 saturated carbocycles. The lowest BCUT2D eigenvalue weighted by Gasteiger charge is -2.29. The summed E-state index contributed by atoms with van der Waals surface area (Å²) >= 11 is 0. The first-order valence-electron chi connectivity index (χ1n) is 11.8. The van der Waals surface area contributed by atoms with Gasteiger partial charge in [-0.05, 0) is 54.2 Å². The molecule has 5 rings (SSSR count). The molecule has 4 heteroatoms. The Kier molecular flexibility index (Phi) is 6.66. The minimum atomic E-state index is -0.0935. The Morgan fingerprint density at radius 3 is 2.45 bits per heavy atom. The Bertz CT molecular complexity index is 1200. The number of hydrogen-bond acceptors (Lipinski definition) is 4. The maximum Gasteiger partial charge on any atom is 0.130 e. The molecular weight excluding hydrogens is 408 g/mol. The molecule has 1 unspecified atom stereocenters. The lowest BCUT2D eigenvalue weighted by molar-refractivity contribution is -0.00275. The van der Waals surface area contributed by atoms with Crippen LogP contribution in [-0.4, -0.2) is 4.98 Å². The van der Waals surface area contributed by atoms with Crippen LogP contribution in [0.15, 0.2) is 84.9 Å². The molecule has 0 radical (unpaired) electrons. The van der Waals surface area contributed by atoms with Crippen LogP contribution in [0.2, 0.25) is 0 Å². The monoisotopic (exact) mass is 438 g/mol. The molecule has 0 saturated heterocycles. The molecule has 33 heavy (non-hydrogen) atoms. The highest BCUT2D eigenvalue weighted by Crippen LogP contribution is 2.39. The highest BCUT2D eigenvalue weighted by atomic mass is 16.6. The number of nitrogens with zero attached hydrogens (tertiary/aromatic N) is 1. The van der Waals surface area contributed by atoms with Crippen molar-refractivity contribution in [2.75, 3.05) is 0 Å². The molecular formula is C29H30N2O2. The summed E-state index contributed by atoms with van der Waals surface area (Å²) in [6.07, 6.45) is 6.03. The van der Waals surface area contributed by atoms with Crippen molar-refractivity contribution in [3.63, 3.8) is 0 Å². The Labute approximate surface area is 195 Å². The van der Waals surface area contributed by atoms with E-state index in [4.69, 9.17) is 20.5 Å². The van der Waals surface area contributed by atoms with E-state index in [1.54, 1.807) is 0 Å². The van der Waals surface area contributed by atoms with Crippen molar-refractivity contribution in [2.24, 2.45) is 11.8 Å². The number of aromatic nitrogens is 1. The van der Waals surface area contributed by atoms with Gasteiger partial charge < -0.3 is 4.74 Å². The summed E-state index contributed by atoms with van der Waals surface area (Å²) in [5.41, 5.74) is 5.15. The summed E-state index contributed by atoms with van der Waals surface area (Å²) < 4.78 is 6.31. The van der Waals surface area contributed by atoms with E-state index in [0.717, 1.165) is 51.9 Å². The minimum Gasteiger partial charge on any atom is -0.487 e. The third kappa shape index (κ3) is 4.92. The van der Waals surface area contributed by atoms with E-state index in [1.165, 1.54) is 19.3 Å². The Morgan fingerprint density at radius 1 is 0.848 bits per heavy atom. The molecule has 1 heterocycles. The molecule has 4 aromatic rings. The lowest BCUT2D eigenvalue weighted by atomic mass is 9.82. The first-order chi connectivity index (χ1) is 16.3. The van der Waals surface area contributed by atoms with Gasteiger partial charge in [-0.2, -0.15) is 0 Å². The van der Waals surface area contributed by atoms with Gasteiger partial charge in [-0.1, -0.05) is 79.9 Å². The molecule has 0 spiro atoms. The van der Waals surface area contributed by atoms with E-state index in [1.807, 2.05) is 36.4 Å². The van der Waals surface area contributed by atoms with Crippen molar-refractivity contribution in [2.45, 2.75) is 44.8 Å². The number of fused-ring (bicyclic) bond motifs is 1. The molecule has 168 valence electrons. The van der Waals surface area contributed by atoms with Gasteiger partial charge >= 0.3 is 0 Å². The zero-order valence-electron chi connectivity index (χ0n) is 18.8. The second kappa shape index (κ2) is 10.2. The summed E-state index contributed by atoms with van der Waals surface area (Å²) in [5, 5.41) is 1.13. The average Bonchev–Trinajstić information content (AvgIpc) is 2.89. The van der Waals surface area contributed by atoms with Crippen molar-refractivity contribution in [1.29, 1.82) is 0 Å². The van der Waals surface area contributed by atoms with Crippen molar-refractivity contribution in [3.05, 3.63) is 96.2 Å². The number of benzene rings is 3. The van der Waals surface area contributed by atoms with Crippen LogP contribution in [0.4, 0.5) is 0 Å². The maximum atomic E-state index is 6.31. The molecule has 1 aliphatic carbocycles. The molecule has 1 fully saturated rings. The second-order valence-electron chi connectivity index (χ2n) is 8.86. The average molecular weight is 439 g/mol. The van der Waals surface area contributed by atoms with Gasteiger partial charge in [-0.3, -0.25) is 4.84 Å². The molecule has 0 aliphatic heterocycles. The zero-order chi connectivity index (χ0) is 22.5. The first-order valence-corrected chi connectivity index (χ1v) is 11.8. The SMILES string of the molecule is NOC(c1ccc(OCc2ccc3ccccc3n2)c(-c2ccccc2)c1)C1CCCCC1. The Balaban J connectivity index is 1.44. The van der Waals surface area contributed by atoms with Crippen LogP contribution in [0, 0.1) is 5.92 Å². The maximum absolute atomic E-state index is 6.31. The van der Waals surface area contributed by atoms with Crippen LogP contribution in [0.1, 0.15) is 49.5 Å². The number of rotatable bonds is 7. The van der Waals surface area contributed by atoms with Gasteiger partial charge in [0.15, 0.2) is 0 Å². The topological polar surface area (TPSA) is 57.4 Å². The van der Waals surface area contributed by atoms with Crippen molar-refractivity contribution >= 4 is 10.9 Å². The highest BCUT2D eigenvalue weighted by molar-refractivity contribution is 5.78. The zero-order valence-corrected chi connectivity index (χ0v) is 18.8. The van der Waals surface area contributed by atoms with Crippen LogP contribution in [0.3, 0.4) is 0 Å². The molecule has 4 nitrogen and oxygen atoms in total. The third-order valence-electron chi connectivity index (χ3n) is 6.67. The predicted octanol–water partition coefficient (Wildman–Crippen LogP) is 6.99. The van der Waals surface area contributed by atoms with Crippen LogP contribution < -0.4 is 10.6 Å². The van der Waals surface area contributed by atoms with Gasteiger partial charge in [0.05, 0.1) is 11.2 Å². The summed E-state index contributed by atoms with van der Waals surface area (Å²) in [7, 11) is 0. The molecule has 1 atom stereocenters. The van der Waals surface area contributed by atoms with E-state index in [-0.39, 0.29) is 6.10 Å².